The summed E-state index contributed by atoms with van der Waals surface area (Å²) in [5, 5.41) is 8.29. The van der Waals surface area contributed by atoms with Crippen LogP contribution in [0.15, 0.2) is 54.6 Å². The highest BCUT2D eigenvalue weighted by atomic mass is 35.5. The molecule has 0 bridgehead atoms. The Bertz CT molecular complexity index is 1250. The number of rotatable bonds is 6. The van der Waals surface area contributed by atoms with E-state index in [0.717, 1.165) is 45.3 Å². The summed E-state index contributed by atoms with van der Waals surface area (Å²) in [5.74, 6) is 0.704. The average molecular weight is 435 g/mol. The van der Waals surface area contributed by atoms with Crippen molar-refractivity contribution in [2.45, 2.75) is 26.7 Å². The molecular formula is C24H23ClN4O2. The Morgan fingerprint density at radius 2 is 1.87 bits per heavy atom. The lowest BCUT2D eigenvalue weighted by Gasteiger charge is -2.11. The first kappa shape index (κ1) is 20.9. The molecule has 2 heterocycles. The topological polar surface area (TPSA) is 68.5 Å². The molecule has 4 aromatic rings. The number of nitrogens with zero attached hydrogens (tertiary/aromatic N) is 3. The number of carbonyl (C=O) groups excluding carboxylic acids is 1. The second kappa shape index (κ2) is 8.78. The number of anilines is 1. The highest BCUT2D eigenvalue weighted by Gasteiger charge is 2.16. The Labute approximate surface area is 185 Å². The van der Waals surface area contributed by atoms with Gasteiger partial charge in [-0.2, -0.15) is 5.10 Å². The van der Waals surface area contributed by atoms with E-state index in [4.69, 9.17) is 26.4 Å². The smallest absolute Gasteiger partial charge is 0.224 e. The zero-order valence-electron chi connectivity index (χ0n) is 17.6. The van der Waals surface area contributed by atoms with Crippen molar-refractivity contribution in [3.05, 3.63) is 76.6 Å². The summed E-state index contributed by atoms with van der Waals surface area (Å²) in [6.07, 6.45) is 0.919. The van der Waals surface area contributed by atoms with E-state index in [1.165, 1.54) is 0 Å². The van der Waals surface area contributed by atoms with Crippen LogP contribution in [0.1, 0.15) is 23.4 Å². The van der Waals surface area contributed by atoms with Crippen LogP contribution >= 0.6 is 11.6 Å². The van der Waals surface area contributed by atoms with Gasteiger partial charge in [-0.25, -0.2) is 9.50 Å². The number of fused-ring (bicyclic) bond motifs is 1. The summed E-state index contributed by atoms with van der Waals surface area (Å²) in [7, 11) is 1.65. The fourth-order valence-electron chi connectivity index (χ4n) is 3.67. The van der Waals surface area contributed by atoms with Gasteiger partial charge in [-0.3, -0.25) is 4.79 Å². The molecule has 0 atom stereocenters. The summed E-state index contributed by atoms with van der Waals surface area (Å²) in [5.41, 5.74) is 6.10. The van der Waals surface area contributed by atoms with E-state index in [9.17, 15) is 4.79 Å². The molecule has 1 N–H and O–H groups in total. The number of halogens is 1. The zero-order chi connectivity index (χ0) is 22.0. The van der Waals surface area contributed by atoms with E-state index < -0.39 is 0 Å². The normalized spacial score (nSPS) is 11.0. The van der Waals surface area contributed by atoms with E-state index >= 15 is 0 Å². The van der Waals surface area contributed by atoms with Crippen LogP contribution in [-0.4, -0.2) is 27.6 Å². The second-order valence-corrected chi connectivity index (χ2v) is 7.75. The van der Waals surface area contributed by atoms with E-state index in [2.05, 4.69) is 5.32 Å². The molecule has 0 saturated carbocycles. The van der Waals surface area contributed by atoms with Gasteiger partial charge in [-0.15, -0.1) is 0 Å². The highest BCUT2D eigenvalue weighted by molar-refractivity contribution is 6.30. The molecule has 1 amide bonds. The third kappa shape index (κ3) is 4.39. The largest absolute Gasteiger partial charge is 0.496 e. The van der Waals surface area contributed by atoms with Crippen LogP contribution in [0.2, 0.25) is 5.02 Å². The van der Waals surface area contributed by atoms with Gasteiger partial charge < -0.3 is 10.1 Å². The monoisotopic (exact) mass is 434 g/mol. The Balaban J connectivity index is 1.57. The van der Waals surface area contributed by atoms with Gasteiger partial charge in [0.1, 0.15) is 5.75 Å². The minimum absolute atomic E-state index is 0.0589. The molecule has 0 aliphatic rings. The van der Waals surface area contributed by atoms with Crippen LogP contribution in [0.25, 0.3) is 16.9 Å². The molecule has 158 valence electrons. The van der Waals surface area contributed by atoms with Crippen LogP contribution < -0.4 is 10.1 Å². The summed E-state index contributed by atoms with van der Waals surface area (Å²) >= 11 is 5.89. The Kier molecular flexibility index (Phi) is 5.91. The van der Waals surface area contributed by atoms with Crippen molar-refractivity contribution in [3.8, 4) is 17.0 Å². The first-order valence-corrected chi connectivity index (χ1v) is 10.4. The number of nitrogens with one attached hydrogen (secondary N) is 1. The van der Waals surface area contributed by atoms with Crippen LogP contribution in [0.4, 0.5) is 5.69 Å². The van der Waals surface area contributed by atoms with Gasteiger partial charge in [0.2, 0.25) is 5.91 Å². The third-order valence-electron chi connectivity index (χ3n) is 5.28. The molecule has 4 rings (SSSR count). The molecule has 0 radical (unpaired) electrons. The summed E-state index contributed by atoms with van der Waals surface area (Å²) < 4.78 is 7.31. The molecule has 0 saturated heterocycles. The predicted molar refractivity (Wildman–Crippen MR) is 123 cm³/mol. The van der Waals surface area contributed by atoms with Gasteiger partial charge >= 0.3 is 0 Å². The number of carbonyl (C=O) groups is 1. The molecule has 7 heteroatoms. The number of ether oxygens (including phenoxy) is 1. The van der Waals surface area contributed by atoms with E-state index in [-0.39, 0.29) is 5.91 Å². The fraction of sp³-hybridized carbons (Fsp3) is 0.208. The van der Waals surface area contributed by atoms with Crippen molar-refractivity contribution in [3.63, 3.8) is 0 Å². The summed E-state index contributed by atoms with van der Waals surface area (Å²) in [6.45, 7) is 3.97. The molecular weight excluding hydrogens is 412 g/mol. The minimum Gasteiger partial charge on any atom is -0.496 e. The number of benzene rings is 2. The zero-order valence-corrected chi connectivity index (χ0v) is 18.4. The summed E-state index contributed by atoms with van der Waals surface area (Å²) in [6, 6.07) is 16.8. The molecule has 2 aromatic heterocycles. The van der Waals surface area contributed by atoms with Crippen LogP contribution in [0.3, 0.4) is 0 Å². The van der Waals surface area contributed by atoms with Crippen molar-refractivity contribution in [2.24, 2.45) is 0 Å². The maximum Gasteiger partial charge on any atom is 0.224 e. The van der Waals surface area contributed by atoms with E-state index in [1.807, 2.05) is 48.7 Å². The lowest BCUT2D eigenvalue weighted by molar-refractivity contribution is -0.116. The number of aromatic nitrogens is 3. The van der Waals surface area contributed by atoms with Gasteiger partial charge in [0.05, 0.1) is 12.8 Å². The Hall–Kier alpha value is -3.38. The molecule has 0 unspecified atom stereocenters. The van der Waals surface area contributed by atoms with Gasteiger partial charge in [0.15, 0.2) is 5.65 Å². The molecule has 0 fully saturated rings. The highest BCUT2D eigenvalue weighted by Crippen LogP contribution is 2.30. The SMILES string of the molecule is COc1ccccc1-c1cc2nc(C)c(CCC(=O)Nc3ccc(Cl)cc3)c(C)n2n1. The van der Waals surface area contributed by atoms with Gasteiger partial charge in [-0.1, -0.05) is 23.7 Å². The maximum absolute atomic E-state index is 12.4. The average Bonchev–Trinajstić information content (AvgIpc) is 3.19. The van der Waals surface area contributed by atoms with Crippen molar-refractivity contribution < 1.29 is 9.53 Å². The van der Waals surface area contributed by atoms with Crippen LogP contribution in [-0.2, 0) is 11.2 Å². The number of hydrogen-bond donors (Lipinski definition) is 1. The molecule has 2 aromatic carbocycles. The van der Waals surface area contributed by atoms with Gasteiger partial charge in [0.25, 0.3) is 0 Å². The molecule has 31 heavy (non-hydrogen) atoms. The fourth-order valence-corrected chi connectivity index (χ4v) is 3.80. The molecule has 0 aliphatic heterocycles. The second-order valence-electron chi connectivity index (χ2n) is 7.32. The number of methoxy groups -OCH3 is 1. The molecule has 0 aliphatic carbocycles. The predicted octanol–water partition coefficient (Wildman–Crippen LogP) is 5.25. The van der Waals surface area contributed by atoms with Gasteiger partial charge in [-0.05, 0) is 62.2 Å². The van der Waals surface area contributed by atoms with Crippen LogP contribution in [0.5, 0.6) is 5.75 Å². The van der Waals surface area contributed by atoms with E-state index in [0.29, 0.717) is 17.9 Å². The Morgan fingerprint density at radius 3 is 2.61 bits per heavy atom. The first-order chi connectivity index (χ1) is 15.0. The maximum atomic E-state index is 12.4. The van der Waals surface area contributed by atoms with Crippen molar-refractivity contribution in [1.82, 2.24) is 14.6 Å². The summed E-state index contributed by atoms with van der Waals surface area (Å²) in [4.78, 5) is 17.1. The first-order valence-electron chi connectivity index (χ1n) is 10.0. The number of para-hydroxylation sites is 1. The lowest BCUT2D eigenvalue weighted by atomic mass is 10.1. The molecule has 6 nitrogen and oxygen atoms in total. The molecule has 0 spiro atoms. The minimum atomic E-state index is -0.0589. The van der Waals surface area contributed by atoms with Gasteiger partial charge in [0, 0.05) is 40.1 Å². The lowest BCUT2D eigenvalue weighted by Crippen LogP contribution is -2.14. The quantitative estimate of drug-likeness (QED) is 0.450. The van der Waals surface area contributed by atoms with E-state index in [1.54, 1.807) is 31.4 Å². The Morgan fingerprint density at radius 1 is 1.13 bits per heavy atom. The number of amides is 1. The van der Waals surface area contributed by atoms with Crippen molar-refractivity contribution in [1.29, 1.82) is 0 Å². The van der Waals surface area contributed by atoms with Crippen molar-refractivity contribution >= 4 is 28.8 Å². The van der Waals surface area contributed by atoms with Crippen LogP contribution in [0, 0.1) is 13.8 Å². The number of hydrogen-bond acceptors (Lipinski definition) is 4. The van der Waals surface area contributed by atoms with Crippen molar-refractivity contribution in [2.75, 3.05) is 12.4 Å². The standard InChI is InChI=1S/C24H23ClN4O2/c1-15-19(12-13-24(30)27-18-10-8-17(25)9-11-18)16(2)29-23(26-15)14-21(28-29)20-6-4-5-7-22(20)31-3/h4-11,14H,12-13H2,1-3H3,(H,27,30). The number of aryl methyl sites for hydroxylation is 2. The third-order valence-corrected chi connectivity index (χ3v) is 5.53.